The Labute approximate surface area is 123 Å². The van der Waals surface area contributed by atoms with Gasteiger partial charge in [-0.05, 0) is 19.1 Å². The quantitative estimate of drug-likeness (QED) is 0.645. The minimum Gasteiger partial charge on any atom is -0.363 e. The van der Waals surface area contributed by atoms with Crippen molar-refractivity contribution in [2.24, 2.45) is 7.05 Å². The first-order valence-electron chi connectivity index (χ1n) is 6.90. The fraction of sp³-hybridized carbons (Fsp3) is 0.769. The van der Waals surface area contributed by atoms with E-state index in [0.29, 0.717) is 11.5 Å². The standard InChI is InChI=1S/C13H22N4O2S/c1-9(2)10-11(17(18)19)12(16(3)15-10)14-8-13(20-4)6-5-7-13/h9,14H,5-8H2,1-4H3. The highest BCUT2D eigenvalue weighted by Crippen LogP contribution is 2.43. The molecule has 0 unspecified atom stereocenters. The Kier molecular flexibility index (Phi) is 4.27. The van der Waals surface area contributed by atoms with Crippen molar-refractivity contribution >= 4 is 23.3 Å². The first-order valence-corrected chi connectivity index (χ1v) is 8.13. The lowest BCUT2D eigenvalue weighted by Gasteiger charge is -2.40. The number of nitrogens with zero attached hydrogens (tertiary/aromatic N) is 3. The minimum absolute atomic E-state index is 0.0374. The predicted molar refractivity (Wildman–Crippen MR) is 82.5 cm³/mol. The third-order valence-electron chi connectivity index (χ3n) is 4.05. The summed E-state index contributed by atoms with van der Waals surface area (Å²) in [5.74, 6) is 0.564. The van der Waals surface area contributed by atoms with Gasteiger partial charge in [-0.1, -0.05) is 20.3 Å². The van der Waals surface area contributed by atoms with Crippen molar-refractivity contribution in [2.45, 2.75) is 43.8 Å². The van der Waals surface area contributed by atoms with E-state index in [9.17, 15) is 10.1 Å². The van der Waals surface area contributed by atoms with Crippen LogP contribution in [0.15, 0.2) is 0 Å². The van der Waals surface area contributed by atoms with Crippen LogP contribution >= 0.6 is 11.8 Å². The molecule has 0 atom stereocenters. The zero-order valence-electron chi connectivity index (χ0n) is 12.5. The van der Waals surface area contributed by atoms with Crippen molar-refractivity contribution in [1.29, 1.82) is 0 Å². The highest BCUT2D eigenvalue weighted by atomic mass is 32.2. The number of aryl methyl sites for hydroxylation is 1. The van der Waals surface area contributed by atoms with Crippen LogP contribution in [0.5, 0.6) is 0 Å². The molecular formula is C13H22N4O2S. The molecule has 6 nitrogen and oxygen atoms in total. The maximum Gasteiger partial charge on any atom is 0.334 e. The summed E-state index contributed by atoms with van der Waals surface area (Å²) < 4.78 is 1.83. The summed E-state index contributed by atoms with van der Waals surface area (Å²) in [4.78, 5) is 11.0. The Morgan fingerprint density at radius 1 is 1.55 bits per heavy atom. The number of nitrogens with one attached hydrogen (secondary N) is 1. The highest BCUT2D eigenvalue weighted by molar-refractivity contribution is 8.00. The summed E-state index contributed by atoms with van der Waals surface area (Å²) in [5, 5.41) is 18.9. The first kappa shape index (κ1) is 15.2. The van der Waals surface area contributed by atoms with E-state index in [2.05, 4.69) is 16.7 Å². The van der Waals surface area contributed by atoms with E-state index < -0.39 is 0 Å². The molecule has 1 aromatic heterocycles. The Balaban J connectivity index is 2.24. The van der Waals surface area contributed by atoms with Gasteiger partial charge in [0.15, 0.2) is 0 Å². The van der Waals surface area contributed by atoms with Crippen LogP contribution < -0.4 is 5.32 Å². The van der Waals surface area contributed by atoms with E-state index in [4.69, 9.17) is 0 Å². The monoisotopic (exact) mass is 298 g/mol. The molecule has 1 saturated carbocycles. The summed E-state index contributed by atoms with van der Waals surface area (Å²) in [7, 11) is 1.76. The van der Waals surface area contributed by atoms with Crippen LogP contribution in [-0.2, 0) is 7.05 Å². The van der Waals surface area contributed by atoms with Crippen molar-refractivity contribution in [2.75, 3.05) is 18.1 Å². The second kappa shape index (κ2) is 5.63. The third-order valence-corrected chi connectivity index (χ3v) is 5.47. The maximum absolute atomic E-state index is 11.3. The van der Waals surface area contributed by atoms with Gasteiger partial charge in [-0.3, -0.25) is 10.1 Å². The fourth-order valence-corrected chi connectivity index (χ4v) is 3.48. The summed E-state index contributed by atoms with van der Waals surface area (Å²) >= 11 is 1.85. The van der Waals surface area contributed by atoms with Crippen LogP contribution in [0.25, 0.3) is 0 Å². The topological polar surface area (TPSA) is 73.0 Å². The Hall–Kier alpha value is -1.24. The van der Waals surface area contributed by atoms with E-state index in [1.807, 2.05) is 25.6 Å². The van der Waals surface area contributed by atoms with Gasteiger partial charge in [-0.2, -0.15) is 16.9 Å². The summed E-state index contributed by atoms with van der Waals surface area (Å²) in [6.07, 6.45) is 5.69. The molecule has 0 aromatic carbocycles. The molecule has 0 radical (unpaired) electrons. The molecule has 0 aliphatic heterocycles. The van der Waals surface area contributed by atoms with E-state index in [1.54, 1.807) is 11.7 Å². The van der Waals surface area contributed by atoms with Gasteiger partial charge in [-0.15, -0.1) is 0 Å². The second-order valence-electron chi connectivity index (χ2n) is 5.71. The lowest BCUT2D eigenvalue weighted by molar-refractivity contribution is -0.384. The lowest BCUT2D eigenvalue weighted by Crippen LogP contribution is -2.40. The van der Waals surface area contributed by atoms with Crippen molar-refractivity contribution in [1.82, 2.24) is 9.78 Å². The molecule has 1 aromatic rings. The molecule has 0 spiro atoms. The maximum atomic E-state index is 11.3. The van der Waals surface area contributed by atoms with Crippen LogP contribution in [0.3, 0.4) is 0 Å². The molecule has 20 heavy (non-hydrogen) atoms. The molecule has 7 heteroatoms. The Morgan fingerprint density at radius 2 is 2.20 bits per heavy atom. The second-order valence-corrected chi connectivity index (χ2v) is 6.99. The number of hydrogen-bond donors (Lipinski definition) is 1. The smallest absolute Gasteiger partial charge is 0.334 e. The van der Waals surface area contributed by atoms with Gasteiger partial charge in [-0.25, -0.2) is 4.68 Å². The highest BCUT2D eigenvalue weighted by Gasteiger charge is 2.37. The van der Waals surface area contributed by atoms with E-state index in [-0.39, 0.29) is 21.3 Å². The van der Waals surface area contributed by atoms with Crippen molar-refractivity contribution in [3.05, 3.63) is 15.8 Å². The SMILES string of the molecule is CSC1(CNc2c([N+](=O)[O-])c(C(C)C)nn2C)CCC1. The summed E-state index contributed by atoms with van der Waals surface area (Å²) in [6, 6.07) is 0. The molecular weight excluding hydrogens is 276 g/mol. The van der Waals surface area contributed by atoms with Gasteiger partial charge in [0, 0.05) is 24.3 Å². The average Bonchev–Trinajstić information content (AvgIpc) is 2.66. The zero-order chi connectivity index (χ0) is 14.9. The third kappa shape index (κ3) is 2.63. The van der Waals surface area contributed by atoms with E-state index >= 15 is 0 Å². The minimum atomic E-state index is -0.322. The zero-order valence-corrected chi connectivity index (χ0v) is 13.3. The van der Waals surface area contributed by atoms with Crippen LogP contribution in [0.2, 0.25) is 0 Å². The van der Waals surface area contributed by atoms with Gasteiger partial charge in [0.25, 0.3) is 0 Å². The average molecular weight is 298 g/mol. The van der Waals surface area contributed by atoms with Crippen molar-refractivity contribution in [3.63, 3.8) is 0 Å². The molecule has 1 aliphatic carbocycles. The normalized spacial score (nSPS) is 17.1. The molecule has 2 rings (SSSR count). The molecule has 112 valence electrons. The van der Waals surface area contributed by atoms with Crippen molar-refractivity contribution < 1.29 is 4.92 Å². The van der Waals surface area contributed by atoms with Gasteiger partial charge >= 0.3 is 5.69 Å². The van der Waals surface area contributed by atoms with Gasteiger partial charge in [0.2, 0.25) is 5.82 Å². The molecule has 0 amide bonds. The number of anilines is 1. The van der Waals surface area contributed by atoms with E-state index in [1.165, 1.54) is 19.3 Å². The number of rotatable bonds is 6. The van der Waals surface area contributed by atoms with Gasteiger partial charge in [0.1, 0.15) is 5.69 Å². The van der Waals surface area contributed by atoms with E-state index in [0.717, 1.165) is 6.54 Å². The van der Waals surface area contributed by atoms with Gasteiger partial charge in [0.05, 0.1) is 4.92 Å². The van der Waals surface area contributed by atoms with Gasteiger partial charge < -0.3 is 5.32 Å². The lowest BCUT2D eigenvalue weighted by atomic mass is 9.84. The number of thioether (sulfide) groups is 1. The van der Waals surface area contributed by atoms with Crippen LogP contribution in [-0.4, -0.2) is 32.3 Å². The Bertz CT molecular complexity index is 503. The van der Waals surface area contributed by atoms with Crippen molar-refractivity contribution in [3.8, 4) is 0 Å². The Morgan fingerprint density at radius 3 is 2.60 bits per heavy atom. The predicted octanol–water partition coefficient (Wildman–Crippen LogP) is 3.15. The molecule has 0 bridgehead atoms. The molecule has 1 heterocycles. The number of aromatic nitrogens is 2. The van der Waals surface area contributed by atoms with Crippen LogP contribution in [0, 0.1) is 10.1 Å². The molecule has 1 N–H and O–H groups in total. The van der Waals surface area contributed by atoms with Crippen LogP contribution in [0.4, 0.5) is 11.5 Å². The summed E-state index contributed by atoms with van der Waals surface area (Å²) in [6.45, 7) is 4.61. The molecule has 1 fully saturated rings. The number of hydrogen-bond acceptors (Lipinski definition) is 5. The largest absolute Gasteiger partial charge is 0.363 e. The summed E-state index contributed by atoms with van der Waals surface area (Å²) in [5.41, 5.74) is 0.671. The molecule has 1 aliphatic rings. The molecule has 0 saturated heterocycles. The first-order chi connectivity index (χ1) is 9.40. The fourth-order valence-electron chi connectivity index (χ4n) is 2.57. The van der Waals surface area contributed by atoms with Crippen LogP contribution in [0.1, 0.15) is 44.7 Å². The number of nitro groups is 1.